The molecule has 0 bridgehead atoms. The average Bonchev–Trinajstić information content (AvgIpc) is 4.01. The van der Waals surface area contributed by atoms with E-state index in [4.69, 9.17) is 14.2 Å². The van der Waals surface area contributed by atoms with Crippen LogP contribution < -0.4 is 9.47 Å². The third-order valence-corrected chi connectivity index (χ3v) is 11.9. The molecule has 0 amide bonds. The molecule has 0 aliphatic heterocycles. The summed E-state index contributed by atoms with van der Waals surface area (Å²) in [6, 6.07) is 30.8. The number of pyridine rings is 2. The van der Waals surface area contributed by atoms with Crippen molar-refractivity contribution >= 4 is 11.9 Å². The molecule has 0 spiro atoms. The summed E-state index contributed by atoms with van der Waals surface area (Å²) in [5, 5.41) is 9.28. The zero-order valence-corrected chi connectivity index (χ0v) is 40.9. The van der Waals surface area contributed by atoms with Crippen molar-refractivity contribution in [3.8, 4) is 45.6 Å². The Morgan fingerprint density at radius 3 is 1.27 bits per heavy atom. The van der Waals surface area contributed by atoms with Crippen molar-refractivity contribution < 1.29 is 81.6 Å². The van der Waals surface area contributed by atoms with Crippen molar-refractivity contribution in [3.05, 3.63) is 237 Å². The summed E-state index contributed by atoms with van der Waals surface area (Å²) in [5.41, 5.74) is -1.38. The van der Waals surface area contributed by atoms with Crippen LogP contribution in [0.3, 0.4) is 0 Å². The van der Waals surface area contributed by atoms with Crippen LogP contribution >= 0.6 is 0 Å². The number of carboxylic acids is 1. The summed E-state index contributed by atoms with van der Waals surface area (Å²) >= 11 is 0. The first-order valence-electron chi connectivity index (χ1n) is 23.2. The Bertz CT molecular complexity index is 3740. The second kappa shape index (κ2) is 23.1. The van der Waals surface area contributed by atoms with Crippen LogP contribution in [0.5, 0.6) is 11.5 Å². The molecule has 0 aliphatic carbocycles. The SMILES string of the molecule is Cc1ccc(-c2cc(C(F)(F)F)ccc2OCc2cccc(F)c2F)n1-c1cccc(C(=O)O)n1.Cc1ccc(-c2cc(C(F)(F)F)ccc2OCc2cccc(F)c2F)n1-c1cccc(C(=O)OCc2cccc(F)c2F)n1. The van der Waals surface area contributed by atoms with Gasteiger partial charge in [-0.3, -0.25) is 9.13 Å². The van der Waals surface area contributed by atoms with Gasteiger partial charge in [0.25, 0.3) is 0 Å². The van der Waals surface area contributed by atoms with E-state index in [0.29, 0.717) is 11.4 Å². The lowest BCUT2D eigenvalue weighted by molar-refractivity contribution is -0.138. The number of alkyl halides is 6. The number of rotatable bonds is 14. The quantitative estimate of drug-likeness (QED) is 0.0845. The highest BCUT2D eigenvalue weighted by Crippen LogP contribution is 2.41. The van der Waals surface area contributed by atoms with Crippen LogP contribution in [0, 0.1) is 48.8 Å². The molecule has 4 aromatic heterocycles. The molecule has 0 aliphatic rings. The fourth-order valence-electron chi connectivity index (χ4n) is 8.01. The van der Waals surface area contributed by atoms with E-state index in [1.807, 2.05) is 0 Å². The third-order valence-electron chi connectivity index (χ3n) is 11.9. The van der Waals surface area contributed by atoms with E-state index in [9.17, 15) is 67.4 Å². The number of esters is 1. The second-order valence-electron chi connectivity index (χ2n) is 17.2. The Hall–Kier alpha value is -9.34. The number of ether oxygens (including phenoxy) is 3. The molecule has 5 aromatic carbocycles. The lowest BCUT2D eigenvalue weighted by Gasteiger charge is -2.18. The molecule has 79 heavy (non-hydrogen) atoms. The number of carbonyl (C=O) groups excluding carboxylic acids is 1. The second-order valence-corrected chi connectivity index (χ2v) is 17.2. The number of halogens is 12. The first kappa shape index (κ1) is 55.9. The van der Waals surface area contributed by atoms with Gasteiger partial charge in [-0.15, -0.1) is 0 Å². The molecule has 9 rings (SSSR count). The van der Waals surface area contributed by atoms with Crippen LogP contribution in [0.15, 0.2) is 152 Å². The molecular formula is C57H38F12N4O6. The van der Waals surface area contributed by atoms with Gasteiger partial charge < -0.3 is 19.3 Å². The first-order chi connectivity index (χ1) is 37.5. The summed E-state index contributed by atoms with van der Waals surface area (Å²) < 4.78 is 184. The van der Waals surface area contributed by atoms with Crippen molar-refractivity contribution in [1.29, 1.82) is 0 Å². The van der Waals surface area contributed by atoms with Gasteiger partial charge in [0, 0.05) is 39.2 Å². The van der Waals surface area contributed by atoms with Crippen LogP contribution in [0.2, 0.25) is 0 Å². The van der Waals surface area contributed by atoms with Gasteiger partial charge in [0.1, 0.15) is 43.0 Å². The Kier molecular flexibility index (Phi) is 16.3. The summed E-state index contributed by atoms with van der Waals surface area (Å²) in [7, 11) is 0. The van der Waals surface area contributed by atoms with Crippen molar-refractivity contribution in [2.45, 2.75) is 46.0 Å². The lowest BCUT2D eigenvalue weighted by atomic mass is 10.1. The highest BCUT2D eigenvalue weighted by Gasteiger charge is 2.33. The number of benzene rings is 5. The van der Waals surface area contributed by atoms with Gasteiger partial charge in [-0.05, 0) is 117 Å². The minimum absolute atomic E-state index is 0.00673. The predicted molar refractivity (Wildman–Crippen MR) is 261 cm³/mol. The fourth-order valence-corrected chi connectivity index (χ4v) is 8.01. The summed E-state index contributed by atoms with van der Waals surface area (Å²) in [5.74, 6) is -8.72. The van der Waals surface area contributed by atoms with E-state index in [2.05, 4.69) is 9.97 Å². The lowest BCUT2D eigenvalue weighted by Crippen LogP contribution is -2.11. The zero-order valence-electron chi connectivity index (χ0n) is 40.9. The molecule has 0 saturated carbocycles. The molecule has 4 heterocycles. The predicted octanol–water partition coefficient (Wildman–Crippen LogP) is 14.8. The molecule has 0 atom stereocenters. The fraction of sp³-hybridized carbons (Fsp3) is 0.123. The molecule has 10 nitrogen and oxygen atoms in total. The van der Waals surface area contributed by atoms with E-state index < -0.39 is 90.1 Å². The number of aryl methyl sites for hydroxylation is 2. The Morgan fingerprint density at radius 1 is 0.481 bits per heavy atom. The van der Waals surface area contributed by atoms with Gasteiger partial charge in [0.05, 0.1) is 22.5 Å². The third kappa shape index (κ3) is 12.6. The maximum absolute atomic E-state index is 14.2. The maximum Gasteiger partial charge on any atom is 0.416 e. The van der Waals surface area contributed by atoms with Crippen LogP contribution in [0.4, 0.5) is 52.7 Å². The summed E-state index contributed by atoms with van der Waals surface area (Å²) in [6.45, 7) is 1.84. The number of carbonyl (C=O) groups is 2. The van der Waals surface area contributed by atoms with E-state index in [0.717, 1.165) is 54.6 Å². The average molecular weight is 1100 g/mol. The molecule has 0 saturated heterocycles. The van der Waals surface area contributed by atoms with Crippen LogP contribution in [-0.2, 0) is 36.9 Å². The number of hydrogen-bond acceptors (Lipinski definition) is 7. The molecular weight excluding hydrogens is 1060 g/mol. The monoisotopic (exact) mass is 1100 g/mol. The van der Waals surface area contributed by atoms with Crippen LogP contribution in [0.25, 0.3) is 34.2 Å². The number of aromatic carboxylic acids is 1. The highest BCUT2D eigenvalue weighted by atomic mass is 19.4. The number of aromatic nitrogens is 4. The number of nitrogens with zero attached hydrogens (tertiary/aromatic N) is 4. The summed E-state index contributed by atoms with van der Waals surface area (Å²) in [4.78, 5) is 32.5. The molecule has 1 N–H and O–H groups in total. The minimum atomic E-state index is -4.71. The standard InChI is InChI=1S/C32H21F7N2O3.C25H17F5N2O3/c1-18-11-13-26(22-15-21(32(37,38)39)12-14-27(22)43-16-19-5-2-7-23(33)29(19)35)41(18)28-10-4-9-25(40-28)31(42)44-17-20-6-3-8-24(34)30(20)36;1-14-8-10-20(32(14)22-7-3-6-19(31-22)24(33)34)17-12-16(25(28,29)30)9-11-21(17)35-13-15-4-2-5-18(26)23(15)27/h2-15H,16-17H2,1H3;2-12H,13H2,1H3,(H,33,34). The van der Waals surface area contributed by atoms with Crippen LogP contribution in [-0.4, -0.2) is 36.1 Å². The topological polar surface area (TPSA) is 118 Å². The smallest absolute Gasteiger partial charge is 0.416 e. The van der Waals surface area contributed by atoms with Crippen molar-refractivity contribution in [2.75, 3.05) is 0 Å². The van der Waals surface area contributed by atoms with Gasteiger partial charge in [-0.1, -0.05) is 48.5 Å². The van der Waals surface area contributed by atoms with Gasteiger partial charge in [0.15, 0.2) is 46.3 Å². The first-order valence-corrected chi connectivity index (χ1v) is 23.2. The maximum atomic E-state index is 14.2. The molecule has 406 valence electrons. The summed E-state index contributed by atoms with van der Waals surface area (Å²) in [6.07, 6.45) is -9.37. The largest absolute Gasteiger partial charge is 0.488 e. The molecule has 0 radical (unpaired) electrons. The van der Waals surface area contributed by atoms with E-state index in [-0.39, 0.29) is 73.7 Å². The molecule has 0 fully saturated rings. The van der Waals surface area contributed by atoms with Gasteiger partial charge >= 0.3 is 24.3 Å². The van der Waals surface area contributed by atoms with E-state index in [1.54, 1.807) is 26.0 Å². The van der Waals surface area contributed by atoms with Crippen LogP contribution in [0.1, 0.15) is 60.2 Å². The molecule has 0 unspecified atom stereocenters. The van der Waals surface area contributed by atoms with E-state index >= 15 is 0 Å². The number of carboxylic acid groups (broad SMARTS) is 1. The van der Waals surface area contributed by atoms with Crippen molar-refractivity contribution in [3.63, 3.8) is 0 Å². The van der Waals surface area contributed by atoms with Gasteiger partial charge in [-0.25, -0.2) is 45.9 Å². The minimum Gasteiger partial charge on any atom is -0.488 e. The van der Waals surface area contributed by atoms with Crippen molar-refractivity contribution in [2.24, 2.45) is 0 Å². The Morgan fingerprint density at radius 2 is 0.861 bits per heavy atom. The number of hydrogen-bond donors (Lipinski definition) is 1. The molecule has 22 heteroatoms. The van der Waals surface area contributed by atoms with Gasteiger partial charge in [0.2, 0.25) is 0 Å². The van der Waals surface area contributed by atoms with E-state index in [1.165, 1.54) is 94.1 Å². The van der Waals surface area contributed by atoms with Crippen molar-refractivity contribution in [1.82, 2.24) is 19.1 Å². The highest BCUT2D eigenvalue weighted by molar-refractivity contribution is 5.87. The Balaban J connectivity index is 0.000000214. The van der Waals surface area contributed by atoms with Gasteiger partial charge in [-0.2, -0.15) is 26.3 Å². The normalized spacial score (nSPS) is 11.5. The molecule has 9 aromatic rings. The Labute approximate surface area is 440 Å². The zero-order chi connectivity index (χ0) is 56.9.